The summed E-state index contributed by atoms with van der Waals surface area (Å²) in [5.74, 6) is 0. The van der Waals surface area contributed by atoms with E-state index in [0.29, 0.717) is 0 Å². The van der Waals surface area contributed by atoms with Gasteiger partial charge < -0.3 is 50.7 Å². The summed E-state index contributed by atoms with van der Waals surface area (Å²) < 4.78 is 3.37. The number of nitrogens with zero attached hydrogens (tertiary/aromatic N) is 3. The predicted octanol–water partition coefficient (Wildman–Crippen LogP) is 11.9. The molecule has 0 aliphatic carbocycles. The van der Waals surface area contributed by atoms with Crippen LogP contribution in [-0.4, -0.2) is 96.5 Å². The van der Waals surface area contributed by atoms with Gasteiger partial charge in [0.15, 0.2) is 0 Å². The van der Waals surface area contributed by atoms with E-state index >= 15 is 0 Å². The van der Waals surface area contributed by atoms with Crippen LogP contribution in [0.4, 0.5) is 0 Å². The van der Waals surface area contributed by atoms with E-state index in [4.69, 9.17) is 0 Å². The van der Waals surface area contributed by atoms with E-state index in [9.17, 15) is 0 Å². The molecule has 426 valence electrons. The molecular weight excluding hydrogens is 905 g/mol. The quantitative estimate of drug-likeness (QED) is 0.0421. The molecule has 0 saturated carbocycles. The Morgan fingerprint density at radius 3 is 0.319 bits per heavy atom. The van der Waals surface area contributed by atoms with E-state index in [0.717, 1.165) is 13.4 Å². The highest BCUT2D eigenvalue weighted by atomic mass is 35.5. The summed E-state index contributed by atoms with van der Waals surface area (Å²) in [7, 11) is 20.7. The van der Waals surface area contributed by atoms with Crippen LogP contribution in [0.25, 0.3) is 0 Å². The fraction of sp³-hybridized carbons (Fsp3) is 1.00. The van der Waals surface area contributed by atoms with Crippen LogP contribution in [0.1, 0.15) is 329 Å². The number of hydrogen-bond acceptors (Lipinski definition) is 0. The molecule has 0 fully saturated rings. The number of rotatable bonds is 51. The van der Waals surface area contributed by atoms with Gasteiger partial charge in [-0.2, -0.15) is 0 Å². The topological polar surface area (TPSA) is 0 Å². The molecule has 0 aromatic rings. The Morgan fingerprint density at radius 2 is 0.232 bits per heavy atom. The van der Waals surface area contributed by atoms with Crippen LogP contribution in [0, 0.1) is 0 Å². The van der Waals surface area contributed by atoms with Gasteiger partial charge in [0.2, 0.25) is 0 Å². The van der Waals surface area contributed by atoms with Crippen molar-refractivity contribution in [2.45, 2.75) is 329 Å². The summed E-state index contributed by atoms with van der Waals surface area (Å²) >= 11 is 0. The average molecular weight is 1040 g/mol. The second-order valence-corrected chi connectivity index (χ2v) is 25.0. The third-order valence-electron chi connectivity index (χ3n) is 14.0. The summed E-state index contributed by atoms with van der Waals surface area (Å²) in [4.78, 5) is 0. The lowest BCUT2D eigenvalue weighted by Gasteiger charge is -2.23. The van der Waals surface area contributed by atoms with Crippen LogP contribution in [0.5, 0.6) is 0 Å². The second-order valence-electron chi connectivity index (χ2n) is 25.0. The zero-order valence-corrected chi connectivity index (χ0v) is 52.8. The van der Waals surface area contributed by atoms with E-state index in [2.05, 4.69) is 84.2 Å². The minimum absolute atomic E-state index is 0. The second kappa shape index (κ2) is 64.9. The van der Waals surface area contributed by atoms with Crippen LogP contribution in [-0.2, 0) is 0 Å². The molecule has 0 spiro atoms. The van der Waals surface area contributed by atoms with E-state index in [1.165, 1.54) is 328 Å². The summed E-state index contributed by atoms with van der Waals surface area (Å²) in [6, 6.07) is 0. The third-order valence-corrected chi connectivity index (χ3v) is 14.0. The number of halogens is 3. The summed E-state index contributed by atoms with van der Waals surface area (Å²) in [6.07, 6.45) is 70.1. The van der Waals surface area contributed by atoms with Crippen molar-refractivity contribution in [1.29, 1.82) is 0 Å². The van der Waals surface area contributed by atoms with Crippen LogP contribution < -0.4 is 37.2 Å². The van der Waals surface area contributed by atoms with Gasteiger partial charge in [0.25, 0.3) is 0 Å². The molecule has 0 bridgehead atoms. The molecule has 0 rings (SSSR count). The summed E-state index contributed by atoms with van der Waals surface area (Å²) in [5.41, 5.74) is 0. The first-order valence-corrected chi connectivity index (χ1v) is 31.1. The maximum absolute atomic E-state index is 2.30. The molecule has 0 aliphatic rings. The van der Waals surface area contributed by atoms with Crippen LogP contribution in [0.15, 0.2) is 0 Å². The van der Waals surface area contributed by atoms with Gasteiger partial charge in [0, 0.05) is 0 Å². The molecule has 3 nitrogen and oxygen atoms in total. The number of hydrogen-bond donors (Lipinski definition) is 0. The van der Waals surface area contributed by atoms with Gasteiger partial charge in [-0.3, -0.25) is 0 Å². The smallest absolute Gasteiger partial charge is 0.0780 e. The molecule has 0 saturated heterocycles. The van der Waals surface area contributed by atoms with Crippen molar-refractivity contribution in [3.8, 4) is 0 Å². The van der Waals surface area contributed by atoms with Crippen molar-refractivity contribution < 1.29 is 50.7 Å². The van der Waals surface area contributed by atoms with Gasteiger partial charge >= 0.3 is 0 Å². The Labute approximate surface area is 460 Å². The standard InChI is InChI=1S/3C21H46N.3ClH/c3*1-5-6-7-8-9-10-11-12-13-14-15-16-17-18-19-20-21-22(2,3)4;;;/h3*5-21H2,1-4H3;3*1H/q3*+1;;;/p-3. The first-order valence-electron chi connectivity index (χ1n) is 31.1. The zero-order valence-electron chi connectivity index (χ0n) is 50.5. The van der Waals surface area contributed by atoms with Gasteiger partial charge in [-0.15, -0.1) is 0 Å². The molecule has 0 radical (unpaired) electrons. The Bertz CT molecular complexity index is 740. The van der Waals surface area contributed by atoms with E-state index in [1.54, 1.807) is 0 Å². The molecule has 69 heavy (non-hydrogen) atoms. The molecule has 0 atom stereocenters. The fourth-order valence-electron chi connectivity index (χ4n) is 9.40. The fourth-order valence-corrected chi connectivity index (χ4v) is 9.40. The highest BCUT2D eigenvalue weighted by Gasteiger charge is 2.07. The maximum atomic E-state index is 2.30. The summed E-state index contributed by atoms with van der Waals surface area (Å²) in [5, 5.41) is 0. The van der Waals surface area contributed by atoms with Crippen LogP contribution in [0.2, 0.25) is 0 Å². The zero-order chi connectivity index (χ0) is 49.6. The molecule has 0 aromatic heterocycles. The van der Waals surface area contributed by atoms with E-state index in [1.807, 2.05) is 0 Å². The summed E-state index contributed by atoms with van der Waals surface area (Å²) in [6.45, 7) is 10.9. The predicted molar refractivity (Wildman–Crippen MR) is 307 cm³/mol. The minimum Gasteiger partial charge on any atom is -1.00 e. The van der Waals surface area contributed by atoms with Crippen molar-refractivity contribution >= 4 is 0 Å². The first kappa shape index (κ1) is 81.1. The van der Waals surface area contributed by atoms with Crippen molar-refractivity contribution in [2.75, 3.05) is 83.1 Å². The molecule has 0 unspecified atom stereocenters. The van der Waals surface area contributed by atoms with E-state index in [-0.39, 0.29) is 37.2 Å². The lowest BCUT2D eigenvalue weighted by atomic mass is 10.0. The monoisotopic (exact) mass is 1040 g/mol. The molecule has 0 amide bonds. The molecule has 0 N–H and O–H groups in total. The molecule has 0 aliphatic heterocycles. The number of unbranched alkanes of at least 4 members (excludes halogenated alkanes) is 45. The highest BCUT2D eigenvalue weighted by molar-refractivity contribution is 4.53. The Morgan fingerprint density at radius 1 is 0.145 bits per heavy atom. The van der Waals surface area contributed by atoms with Crippen molar-refractivity contribution in [2.24, 2.45) is 0 Å². The third kappa shape index (κ3) is 91.8. The van der Waals surface area contributed by atoms with Crippen molar-refractivity contribution in [3.05, 3.63) is 0 Å². The largest absolute Gasteiger partial charge is 1.00 e. The maximum Gasteiger partial charge on any atom is 0.0780 e. The molecule has 0 aromatic carbocycles. The average Bonchev–Trinajstić information content (AvgIpc) is 3.25. The van der Waals surface area contributed by atoms with Gasteiger partial charge in [-0.25, -0.2) is 0 Å². The van der Waals surface area contributed by atoms with Gasteiger partial charge in [-0.05, 0) is 38.5 Å². The minimum atomic E-state index is 0. The highest BCUT2D eigenvalue weighted by Crippen LogP contribution is 2.17. The van der Waals surface area contributed by atoms with Gasteiger partial charge in [0.1, 0.15) is 0 Å². The lowest BCUT2D eigenvalue weighted by Crippen LogP contribution is -3.00. The molecule has 0 heterocycles. The molecule has 6 heteroatoms. The van der Waals surface area contributed by atoms with Gasteiger partial charge in [-0.1, -0.05) is 290 Å². The first-order chi connectivity index (χ1) is 31.7. The Balaban J connectivity index is -0.000000211. The lowest BCUT2D eigenvalue weighted by molar-refractivity contribution is -0.870. The number of quaternary nitrogens is 3. The Hall–Kier alpha value is 0.750. The molecular formula is C63H138Cl3N3. The van der Waals surface area contributed by atoms with Crippen molar-refractivity contribution in [1.82, 2.24) is 0 Å². The Kier molecular flexibility index (Phi) is 76.3. The normalized spacial score (nSPS) is 11.5. The van der Waals surface area contributed by atoms with Gasteiger partial charge in [0.05, 0.1) is 83.1 Å². The van der Waals surface area contributed by atoms with Crippen LogP contribution >= 0.6 is 0 Å². The van der Waals surface area contributed by atoms with E-state index < -0.39 is 0 Å². The van der Waals surface area contributed by atoms with Crippen LogP contribution in [0.3, 0.4) is 0 Å². The SMILES string of the molecule is CCCCCCCCCCCCCCCCCC[N+](C)(C)C.CCCCCCCCCCCCCCCCCC[N+](C)(C)C.CCCCCCCCCCCCCCCCCC[N+](C)(C)C.[Cl-].[Cl-].[Cl-]. The van der Waals surface area contributed by atoms with Crippen molar-refractivity contribution in [3.63, 3.8) is 0 Å².